The molecule has 4 rings (SSSR count). The van der Waals surface area contributed by atoms with Crippen molar-refractivity contribution >= 4 is 0 Å². The van der Waals surface area contributed by atoms with Crippen molar-refractivity contribution in [1.82, 2.24) is 15.0 Å². The molecule has 2 aromatic heterocycles. The van der Waals surface area contributed by atoms with Crippen LogP contribution in [0.3, 0.4) is 0 Å². The third-order valence-electron chi connectivity index (χ3n) is 4.81. The zero-order chi connectivity index (χ0) is 20.6. The average molecular weight is 409 g/mol. The summed E-state index contributed by atoms with van der Waals surface area (Å²) < 4.78 is 49.0. The van der Waals surface area contributed by atoms with Crippen LogP contribution in [0.4, 0.5) is 13.2 Å². The SMILES string of the molecule is OCc1ccc(CN2CC(O)CC2c2nc(-c3ccc(C(F)(F)F)cc3)no2)o1. The zero-order valence-electron chi connectivity index (χ0n) is 15.1. The number of nitrogens with zero attached hydrogens (tertiary/aromatic N) is 3. The number of rotatable bonds is 5. The molecule has 0 amide bonds. The zero-order valence-corrected chi connectivity index (χ0v) is 15.1. The van der Waals surface area contributed by atoms with Crippen molar-refractivity contribution in [3.63, 3.8) is 0 Å². The summed E-state index contributed by atoms with van der Waals surface area (Å²) in [6.07, 6.45) is -4.63. The number of halogens is 3. The lowest BCUT2D eigenvalue weighted by molar-refractivity contribution is -0.137. The Morgan fingerprint density at radius 2 is 1.83 bits per heavy atom. The van der Waals surface area contributed by atoms with Gasteiger partial charge in [-0.3, -0.25) is 4.90 Å². The Bertz CT molecular complexity index is 968. The number of hydrogen-bond donors (Lipinski definition) is 2. The van der Waals surface area contributed by atoms with Crippen LogP contribution in [-0.4, -0.2) is 37.9 Å². The van der Waals surface area contributed by atoms with E-state index in [0.717, 1.165) is 12.1 Å². The lowest BCUT2D eigenvalue weighted by atomic mass is 10.1. The number of aliphatic hydroxyl groups excluding tert-OH is 2. The smallest absolute Gasteiger partial charge is 0.416 e. The van der Waals surface area contributed by atoms with E-state index in [4.69, 9.17) is 14.0 Å². The maximum absolute atomic E-state index is 12.7. The molecule has 0 aliphatic carbocycles. The van der Waals surface area contributed by atoms with Gasteiger partial charge in [-0.05, 0) is 30.7 Å². The van der Waals surface area contributed by atoms with E-state index < -0.39 is 17.8 Å². The van der Waals surface area contributed by atoms with Crippen LogP contribution in [0.5, 0.6) is 0 Å². The summed E-state index contributed by atoms with van der Waals surface area (Å²) in [5.74, 6) is 1.51. The Morgan fingerprint density at radius 3 is 2.48 bits per heavy atom. The second-order valence-corrected chi connectivity index (χ2v) is 6.89. The Hall–Kier alpha value is -2.69. The third kappa shape index (κ3) is 4.19. The molecule has 3 heterocycles. The molecule has 1 aliphatic rings. The fourth-order valence-electron chi connectivity index (χ4n) is 3.40. The fraction of sp³-hybridized carbons (Fsp3) is 0.368. The topological polar surface area (TPSA) is 95.8 Å². The first-order valence-corrected chi connectivity index (χ1v) is 8.95. The predicted molar refractivity (Wildman–Crippen MR) is 93.1 cm³/mol. The van der Waals surface area contributed by atoms with E-state index in [9.17, 15) is 18.3 Å². The minimum Gasteiger partial charge on any atom is -0.462 e. The number of aromatic nitrogens is 2. The minimum absolute atomic E-state index is 0.177. The van der Waals surface area contributed by atoms with Gasteiger partial charge in [-0.2, -0.15) is 18.2 Å². The van der Waals surface area contributed by atoms with Crippen molar-refractivity contribution in [2.24, 2.45) is 0 Å². The van der Waals surface area contributed by atoms with Gasteiger partial charge < -0.3 is 19.2 Å². The molecule has 10 heteroatoms. The molecular formula is C19H18F3N3O4. The van der Waals surface area contributed by atoms with E-state index in [2.05, 4.69) is 10.1 Å². The first-order chi connectivity index (χ1) is 13.8. The second-order valence-electron chi connectivity index (χ2n) is 6.89. The number of benzene rings is 1. The van der Waals surface area contributed by atoms with Gasteiger partial charge in [0, 0.05) is 12.1 Å². The summed E-state index contributed by atoms with van der Waals surface area (Å²) in [4.78, 5) is 6.23. The van der Waals surface area contributed by atoms with Crippen molar-refractivity contribution < 1.29 is 32.3 Å². The van der Waals surface area contributed by atoms with Crippen LogP contribution >= 0.6 is 0 Å². The molecule has 3 aromatic rings. The molecule has 0 radical (unpaired) electrons. The predicted octanol–water partition coefficient (Wildman–Crippen LogP) is 3.15. The molecule has 1 saturated heterocycles. The largest absolute Gasteiger partial charge is 0.462 e. The van der Waals surface area contributed by atoms with Gasteiger partial charge >= 0.3 is 6.18 Å². The molecule has 29 heavy (non-hydrogen) atoms. The summed E-state index contributed by atoms with van der Waals surface area (Å²) in [6.45, 7) is 0.545. The van der Waals surface area contributed by atoms with Gasteiger partial charge in [0.2, 0.25) is 11.7 Å². The summed E-state index contributed by atoms with van der Waals surface area (Å²) in [5.41, 5.74) is -0.354. The third-order valence-corrected chi connectivity index (χ3v) is 4.81. The van der Waals surface area contributed by atoms with Gasteiger partial charge in [-0.1, -0.05) is 17.3 Å². The van der Waals surface area contributed by atoms with Crippen LogP contribution in [0.1, 0.15) is 35.4 Å². The summed E-state index contributed by atoms with van der Waals surface area (Å²) in [6, 6.07) is 7.57. The molecule has 1 fully saturated rings. The van der Waals surface area contributed by atoms with E-state index >= 15 is 0 Å². The maximum atomic E-state index is 12.7. The van der Waals surface area contributed by atoms with Gasteiger partial charge in [0.15, 0.2) is 0 Å². The standard InChI is InChI=1S/C19H18F3N3O4/c20-19(21,22)12-3-1-11(2-4-12)17-23-18(29-24-17)16-7-13(27)8-25(16)9-14-5-6-15(10-26)28-14/h1-6,13,16,26-27H,7-10H2. The fourth-order valence-corrected chi connectivity index (χ4v) is 3.40. The molecule has 2 unspecified atom stereocenters. The van der Waals surface area contributed by atoms with Gasteiger partial charge in [-0.25, -0.2) is 0 Å². The molecule has 154 valence electrons. The lowest BCUT2D eigenvalue weighted by Gasteiger charge is -2.19. The monoisotopic (exact) mass is 409 g/mol. The van der Waals surface area contributed by atoms with E-state index in [1.165, 1.54) is 12.1 Å². The Kier molecular flexibility index (Phi) is 5.15. The normalized spacial score (nSPS) is 20.4. The molecule has 0 saturated carbocycles. The second kappa shape index (κ2) is 7.62. The average Bonchev–Trinajstić information content (AvgIpc) is 3.41. The molecule has 7 nitrogen and oxygen atoms in total. The molecule has 2 atom stereocenters. The van der Waals surface area contributed by atoms with Crippen molar-refractivity contribution in [3.8, 4) is 11.4 Å². The van der Waals surface area contributed by atoms with Crippen LogP contribution in [0.2, 0.25) is 0 Å². The van der Waals surface area contributed by atoms with Crippen molar-refractivity contribution in [2.45, 2.75) is 37.9 Å². The number of hydrogen-bond acceptors (Lipinski definition) is 7. The van der Waals surface area contributed by atoms with Crippen LogP contribution in [0, 0.1) is 0 Å². The number of likely N-dealkylation sites (tertiary alicyclic amines) is 1. The number of β-amino-alcohol motifs (C(OH)–C–C–N with tert-alkyl or cyclic N) is 1. The Labute approximate surface area is 163 Å². The number of alkyl halides is 3. The quantitative estimate of drug-likeness (QED) is 0.668. The van der Waals surface area contributed by atoms with Crippen LogP contribution in [-0.2, 0) is 19.3 Å². The van der Waals surface area contributed by atoms with Crippen LogP contribution < -0.4 is 0 Å². The van der Waals surface area contributed by atoms with Gasteiger partial charge in [0.1, 0.15) is 18.1 Å². The molecule has 1 aromatic carbocycles. The lowest BCUT2D eigenvalue weighted by Crippen LogP contribution is -2.24. The van der Waals surface area contributed by atoms with E-state index in [-0.39, 0.29) is 24.4 Å². The number of aliphatic hydroxyl groups is 2. The molecule has 1 aliphatic heterocycles. The highest BCUT2D eigenvalue weighted by Crippen LogP contribution is 2.34. The maximum Gasteiger partial charge on any atom is 0.416 e. The number of furan rings is 1. The minimum atomic E-state index is -4.41. The van der Waals surface area contributed by atoms with Crippen molar-refractivity contribution in [1.29, 1.82) is 0 Å². The Morgan fingerprint density at radius 1 is 1.10 bits per heavy atom. The summed E-state index contributed by atoms with van der Waals surface area (Å²) >= 11 is 0. The van der Waals surface area contributed by atoms with Crippen molar-refractivity contribution in [2.75, 3.05) is 6.54 Å². The first kappa shape index (κ1) is 19.6. The summed E-state index contributed by atoms with van der Waals surface area (Å²) in [5, 5.41) is 23.1. The van der Waals surface area contributed by atoms with E-state index in [1.807, 2.05) is 4.90 Å². The van der Waals surface area contributed by atoms with Gasteiger partial charge in [0.25, 0.3) is 0 Å². The molecule has 2 N–H and O–H groups in total. The van der Waals surface area contributed by atoms with E-state index in [0.29, 0.717) is 36.6 Å². The highest BCUT2D eigenvalue weighted by atomic mass is 19.4. The van der Waals surface area contributed by atoms with Crippen molar-refractivity contribution in [3.05, 3.63) is 59.4 Å². The highest BCUT2D eigenvalue weighted by molar-refractivity contribution is 5.54. The Balaban J connectivity index is 1.52. The van der Waals surface area contributed by atoms with Gasteiger partial charge in [0.05, 0.1) is 24.3 Å². The van der Waals surface area contributed by atoms with Gasteiger partial charge in [-0.15, -0.1) is 0 Å². The first-order valence-electron chi connectivity index (χ1n) is 8.95. The van der Waals surface area contributed by atoms with E-state index in [1.54, 1.807) is 12.1 Å². The molecule has 0 spiro atoms. The summed E-state index contributed by atoms with van der Waals surface area (Å²) in [7, 11) is 0. The molecule has 0 bridgehead atoms. The molecular weight excluding hydrogens is 391 g/mol. The van der Waals surface area contributed by atoms with Crippen LogP contribution in [0.15, 0.2) is 45.3 Å². The highest BCUT2D eigenvalue weighted by Gasteiger charge is 2.36. The van der Waals surface area contributed by atoms with Crippen LogP contribution in [0.25, 0.3) is 11.4 Å².